The molecule has 0 aliphatic rings. The molecule has 19 heavy (non-hydrogen) atoms. The number of benzene rings is 1. The van der Waals surface area contributed by atoms with Crippen molar-refractivity contribution in [3.8, 4) is 5.75 Å². The molecule has 3 heteroatoms. The van der Waals surface area contributed by atoms with E-state index >= 15 is 0 Å². The van der Waals surface area contributed by atoms with Crippen molar-refractivity contribution in [3.05, 3.63) is 28.3 Å². The van der Waals surface area contributed by atoms with Gasteiger partial charge in [-0.05, 0) is 61.9 Å². The molecular formula is C16H25NOS. The van der Waals surface area contributed by atoms with E-state index in [9.17, 15) is 0 Å². The van der Waals surface area contributed by atoms with Crippen molar-refractivity contribution < 1.29 is 4.74 Å². The summed E-state index contributed by atoms with van der Waals surface area (Å²) in [5.41, 5.74) is 10.9. The average molecular weight is 279 g/mol. The Kier molecular flexibility index (Phi) is 5.80. The minimum absolute atomic E-state index is 0.231. The molecular weight excluding hydrogens is 254 g/mol. The molecule has 0 fully saturated rings. The second-order valence-electron chi connectivity index (χ2n) is 5.28. The third kappa shape index (κ3) is 3.93. The van der Waals surface area contributed by atoms with E-state index in [1.54, 1.807) is 0 Å². The van der Waals surface area contributed by atoms with Gasteiger partial charge < -0.3 is 10.5 Å². The Balaban J connectivity index is 3.07. The maximum atomic E-state index is 5.80. The first-order chi connectivity index (χ1) is 8.88. The van der Waals surface area contributed by atoms with E-state index in [0.29, 0.717) is 4.99 Å². The standard InChI is InChI=1S/C16H25NOS/c1-6-7-18-15-9-10(2)14(12(4)13(15)5)8-11(3)16(17)19/h9,11H,6-8H2,1-5H3,(H2,17,19). The van der Waals surface area contributed by atoms with Gasteiger partial charge in [-0.15, -0.1) is 0 Å². The molecule has 0 heterocycles. The minimum atomic E-state index is 0.231. The van der Waals surface area contributed by atoms with Crippen molar-refractivity contribution in [2.75, 3.05) is 6.61 Å². The van der Waals surface area contributed by atoms with Crippen LogP contribution in [0, 0.1) is 26.7 Å². The Bertz CT molecular complexity index is 468. The summed E-state index contributed by atoms with van der Waals surface area (Å²) >= 11 is 5.07. The summed E-state index contributed by atoms with van der Waals surface area (Å²) in [5.74, 6) is 1.23. The topological polar surface area (TPSA) is 35.2 Å². The minimum Gasteiger partial charge on any atom is -0.493 e. The van der Waals surface area contributed by atoms with Gasteiger partial charge in [0.05, 0.1) is 11.6 Å². The summed E-state index contributed by atoms with van der Waals surface area (Å²) in [6.07, 6.45) is 1.93. The molecule has 1 aromatic rings. The molecule has 1 atom stereocenters. The predicted octanol–water partition coefficient (Wildman–Crippen LogP) is 3.87. The largest absolute Gasteiger partial charge is 0.493 e. The van der Waals surface area contributed by atoms with Crippen LogP contribution in [-0.2, 0) is 6.42 Å². The summed E-state index contributed by atoms with van der Waals surface area (Å²) in [4.78, 5) is 0.586. The monoisotopic (exact) mass is 279 g/mol. The lowest BCUT2D eigenvalue weighted by Gasteiger charge is -2.19. The lowest BCUT2D eigenvalue weighted by atomic mass is 9.90. The van der Waals surface area contributed by atoms with Crippen LogP contribution in [0.2, 0.25) is 0 Å². The smallest absolute Gasteiger partial charge is 0.122 e. The van der Waals surface area contributed by atoms with Crippen LogP contribution in [0.15, 0.2) is 6.07 Å². The number of hydrogen-bond acceptors (Lipinski definition) is 2. The van der Waals surface area contributed by atoms with Gasteiger partial charge in [0.25, 0.3) is 0 Å². The summed E-state index contributed by atoms with van der Waals surface area (Å²) in [6, 6.07) is 2.14. The van der Waals surface area contributed by atoms with Crippen molar-refractivity contribution in [2.45, 2.75) is 47.5 Å². The van der Waals surface area contributed by atoms with Gasteiger partial charge in [0, 0.05) is 5.92 Å². The number of ether oxygens (including phenoxy) is 1. The van der Waals surface area contributed by atoms with Gasteiger partial charge in [0.2, 0.25) is 0 Å². The number of nitrogens with two attached hydrogens (primary N) is 1. The summed E-state index contributed by atoms with van der Waals surface area (Å²) in [7, 11) is 0. The van der Waals surface area contributed by atoms with Crippen LogP contribution in [0.25, 0.3) is 0 Å². The molecule has 1 aromatic carbocycles. The van der Waals surface area contributed by atoms with Gasteiger partial charge in [-0.3, -0.25) is 0 Å². The first-order valence-corrected chi connectivity index (χ1v) is 7.31. The Morgan fingerprint density at radius 1 is 1.32 bits per heavy atom. The second-order valence-corrected chi connectivity index (χ2v) is 5.75. The fourth-order valence-electron chi connectivity index (χ4n) is 2.18. The molecule has 0 aromatic heterocycles. The fourth-order valence-corrected chi connectivity index (χ4v) is 2.27. The highest BCUT2D eigenvalue weighted by atomic mass is 32.1. The molecule has 2 N–H and O–H groups in total. The highest BCUT2D eigenvalue weighted by Gasteiger charge is 2.15. The van der Waals surface area contributed by atoms with Crippen LogP contribution in [0.1, 0.15) is 42.5 Å². The molecule has 0 saturated carbocycles. The quantitative estimate of drug-likeness (QED) is 0.803. The zero-order chi connectivity index (χ0) is 14.6. The van der Waals surface area contributed by atoms with Gasteiger partial charge in [-0.25, -0.2) is 0 Å². The SMILES string of the molecule is CCCOc1cc(C)c(CC(C)C(N)=S)c(C)c1C. The molecule has 0 spiro atoms. The van der Waals surface area contributed by atoms with Gasteiger partial charge in [0.1, 0.15) is 5.75 Å². The molecule has 1 unspecified atom stereocenters. The summed E-state index contributed by atoms with van der Waals surface area (Å²) in [5, 5.41) is 0. The molecule has 0 aliphatic carbocycles. The normalized spacial score (nSPS) is 12.3. The van der Waals surface area contributed by atoms with Gasteiger partial charge >= 0.3 is 0 Å². The zero-order valence-electron chi connectivity index (χ0n) is 12.7. The molecule has 0 aliphatic heterocycles. The van der Waals surface area contributed by atoms with E-state index in [-0.39, 0.29) is 5.92 Å². The third-order valence-electron chi connectivity index (χ3n) is 3.67. The number of hydrogen-bond donors (Lipinski definition) is 1. The van der Waals surface area contributed by atoms with Crippen LogP contribution in [0.3, 0.4) is 0 Å². The Hall–Kier alpha value is -1.09. The van der Waals surface area contributed by atoms with E-state index in [4.69, 9.17) is 22.7 Å². The Labute approximate surface area is 122 Å². The van der Waals surface area contributed by atoms with Crippen LogP contribution < -0.4 is 10.5 Å². The van der Waals surface area contributed by atoms with Crippen LogP contribution in [0.4, 0.5) is 0 Å². The highest BCUT2D eigenvalue weighted by molar-refractivity contribution is 7.80. The van der Waals surface area contributed by atoms with Crippen LogP contribution in [0.5, 0.6) is 5.75 Å². The third-order valence-corrected chi connectivity index (χ3v) is 4.07. The second kappa shape index (κ2) is 6.90. The van der Waals surface area contributed by atoms with Crippen molar-refractivity contribution >= 4 is 17.2 Å². The lowest BCUT2D eigenvalue weighted by Crippen LogP contribution is -2.21. The maximum Gasteiger partial charge on any atom is 0.122 e. The van der Waals surface area contributed by atoms with Crippen molar-refractivity contribution in [3.63, 3.8) is 0 Å². The van der Waals surface area contributed by atoms with E-state index in [0.717, 1.165) is 25.2 Å². The van der Waals surface area contributed by atoms with Crippen molar-refractivity contribution in [2.24, 2.45) is 11.7 Å². The van der Waals surface area contributed by atoms with Crippen LogP contribution >= 0.6 is 12.2 Å². The Morgan fingerprint density at radius 2 is 1.95 bits per heavy atom. The number of rotatable bonds is 6. The van der Waals surface area contributed by atoms with Gasteiger partial charge in [0.15, 0.2) is 0 Å². The first kappa shape index (κ1) is 16.0. The van der Waals surface area contributed by atoms with Crippen molar-refractivity contribution in [1.29, 1.82) is 0 Å². The molecule has 0 amide bonds. The molecule has 0 bridgehead atoms. The van der Waals surface area contributed by atoms with E-state index in [1.807, 2.05) is 0 Å². The van der Waals surface area contributed by atoms with Crippen LogP contribution in [-0.4, -0.2) is 11.6 Å². The summed E-state index contributed by atoms with van der Waals surface area (Å²) < 4.78 is 5.80. The molecule has 0 radical (unpaired) electrons. The predicted molar refractivity (Wildman–Crippen MR) is 86.1 cm³/mol. The number of aryl methyl sites for hydroxylation is 1. The zero-order valence-corrected chi connectivity index (χ0v) is 13.5. The molecule has 0 saturated heterocycles. The van der Waals surface area contributed by atoms with E-state index in [2.05, 4.69) is 40.7 Å². The van der Waals surface area contributed by atoms with Gasteiger partial charge in [-0.2, -0.15) is 0 Å². The lowest BCUT2D eigenvalue weighted by molar-refractivity contribution is 0.314. The molecule has 2 nitrogen and oxygen atoms in total. The van der Waals surface area contributed by atoms with E-state index in [1.165, 1.54) is 22.3 Å². The van der Waals surface area contributed by atoms with Gasteiger partial charge in [-0.1, -0.05) is 26.1 Å². The molecule has 1 rings (SSSR count). The van der Waals surface area contributed by atoms with Crippen molar-refractivity contribution in [1.82, 2.24) is 0 Å². The Morgan fingerprint density at radius 3 is 2.47 bits per heavy atom. The fraction of sp³-hybridized carbons (Fsp3) is 0.562. The summed E-state index contributed by atoms with van der Waals surface area (Å²) in [6.45, 7) is 11.4. The average Bonchev–Trinajstić information content (AvgIpc) is 2.36. The molecule has 106 valence electrons. The van der Waals surface area contributed by atoms with E-state index < -0.39 is 0 Å². The number of thiocarbonyl (C=S) groups is 1. The first-order valence-electron chi connectivity index (χ1n) is 6.90. The maximum absolute atomic E-state index is 5.80. The highest BCUT2D eigenvalue weighted by Crippen LogP contribution is 2.29.